The van der Waals surface area contributed by atoms with E-state index in [0.29, 0.717) is 23.8 Å². The maximum Gasteiger partial charge on any atom is 0.340 e. The van der Waals surface area contributed by atoms with Crippen LogP contribution in [0.3, 0.4) is 0 Å². The molecule has 3 nitrogen and oxygen atoms in total. The summed E-state index contributed by atoms with van der Waals surface area (Å²) < 4.78 is 5.42. The Bertz CT molecular complexity index is 630. The SMILES string of the molecule is Nc1cc2ccccc2cc1C(=O)OCC1CCCC1. The van der Waals surface area contributed by atoms with Gasteiger partial charge < -0.3 is 10.5 Å². The van der Waals surface area contributed by atoms with Crippen LogP contribution in [0, 0.1) is 5.92 Å². The van der Waals surface area contributed by atoms with E-state index in [4.69, 9.17) is 10.5 Å². The molecule has 1 fully saturated rings. The molecule has 0 spiro atoms. The maximum atomic E-state index is 12.2. The third kappa shape index (κ3) is 2.62. The highest BCUT2D eigenvalue weighted by atomic mass is 16.5. The quantitative estimate of drug-likeness (QED) is 0.681. The van der Waals surface area contributed by atoms with Gasteiger partial charge in [-0.2, -0.15) is 0 Å². The van der Waals surface area contributed by atoms with Crippen molar-refractivity contribution in [3.63, 3.8) is 0 Å². The zero-order chi connectivity index (χ0) is 13.9. The number of carbonyl (C=O) groups is 1. The molecular formula is C17H19NO2. The van der Waals surface area contributed by atoms with Crippen molar-refractivity contribution in [2.75, 3.05) is 12.3 Å². The molecule has 104 valence electrons. The van der Waals surface area contributed by atoms with Crippen LogP contribution < -0.4 is 5.73 Å². The topological polar surface area (TPSA) is 52.3 Å². The van der Waals surface area contributed by atoms with Gasteiger partial charge in [-0.3, -0.25) is 0 Å². The number of nitrogen functional groups attached to an aromatic ring is 1. The molecule has 0 saturated heterocycles. The van der Waals surface area contributed by atoms with Crippen LogP contribution in [0.1, 0.15) is 36.0 Å². The van der Waals surface area contributed by atoms with Crippen LogP contribution >= 0.6 is 0 Å². The molecule has 0 atom stereocenters. The molecular weight excluding hydrogens is 250 g/mol. The molecule has 1 aliphatic rings. The highest BCUT2D eigenvalue weighted by Crippen LogP contribution is 2.26. The van der Waals surface area contributed by atoms with Crippen LogP contribution in [0.4, 0.5) is 5.69 Å². The van der Waals surface area contributed by atoms with Crippen LogP contribution in [0.15, 0.2) is 36.4 Å². The second-order valence-corrected chi connectivity index (χ2v) is 5.54. The Morgan fingerprint density at radius 3 is 2.50 bits per heavy atom. The lowest BCUT2D eigenvalue weighted by molar-refractivity contribution is 0.0444. The standard InChI is InChI=1S/C17H19NO2/c18-16-10-14-8-4-3-7-13(14)9-15(16)17(19)20-11-12-5-1-2-6-12/h3-4,7-10,12H,1-2,5-6,11,18H2. The van der Waals surface area contributed by atoms with Crippen LogP contribution in [0.2, 0.25) is 0 Å². The number of esters is 1. The van der Waals surface area contributed by atoms with E-state index in [1.807, 2.05) is 36.4 Å². The lowest BCUT2D eigenvalue weighted by Crippen LogP contribution is -2.13. The van der Waals surface area contributed by atoms with Crippen molar-refractivity contribution in [2.24, 2.45) is 5.92 Å². The maximum absolute atomic E-state index is 12.2. The molecule has 0 amide bonds. The Hall–Kier alpha value is -2.03. The van der Waals surface area contributed by atoms with Crippen molar-refractivity contribution >= 4 is 22.4 Å². The summed E-state index contributed by atoms with van der Waals surface area (Å²) in [5, 5.41) is 2.05. The first-order valence-corrected chi connectivity index (χ1v) is 7.19. The van der Waals surface area contributed by atoms with E-state index in [2.05, 4.69) is 0 Å². The van der Waals surface area contributed by atoms with Gasteiger partial charge in [0.25, 0.3) is 0 Å². The summed E-state index contributed by atoms with van der Waals surface area (Å²) >= 11 is 0. The van der Waals surface area contributed by atoms with Gasteiger partial charge in [-0.1, -0.05) is 37.1 Å². The molecule has 3 rings (SSSR count). The number of carbonyl (C=O) groups excluding carboxylic acids is 1. The Balaban J connectivity index is 1.77. The van der Waals surface area contributed by atoms with E-state index >= 15 is 0 Å². The first-order chi connectivity index (χ1) is 9.74. The van der Waals surface area contributed by atoms with Crippen molar-refractivity contribution in [1.82, 2.24) is 0 Å². The Labute approximate surface area is 118 Å². The van der Waals surface area contributed by atoms with Crippen molar-refractivity contribution in [3.05, 3.63) is 42.0 Å². The predicted octanol–water partition coefficient (Wildman–Crippen LogP) is 3.77. The molecule has 1 saturated carbocycles. The lowest BCUT2D eigenvalue weighted by atomic mass is 10.1. The molecule has 2 aromatic carbocycles. The highest BCUT2D eigenvalue weighted by molar-refractivity contribution is 6.01. The van der Waals surface area contributed by atoms with Crippen molar-refractivity contribution < 1.29 is 9.53 Å². The van der Waals surface area contributed by atoms with Crippen molar-refractivity contribution in [2.45, 2.75) is 25.7 Å². The largest absolute Gasteiger partial charge is 0.462 e. The van der Waals surface area contributed by atoms with Crippen LogP contribution in [0.25, 0.3) is 10.8 Å². The smallest absolute Gasteiger partial charge is 0.340 e. The van der Waals surface area contributed by atoms with Gasteiger partial charge in [0.15, 0.2) is 0 Å². The Kier molecular flexibility index (Phi) is 3.59. The number of hydrogen-bond donors (Lipinski definition) is 1. The average molecular weight is 269 g/mol. The summed E-state index contributed by atoms with van der Waals surface area (Å²) in [7, 11) is 0. The zero-order valence-corrected chi connectivity index (χ0v) is 11.5. The molecule has 0 radical (unpaired) electrons. The molecule has 20 heavy (non-hydrogen) atoms. The Morgan fingerprint density at radius 2 is 1.80 bits per heavy atom. The van der Waals surface area contributed by atoms with Gasteiger partial charge in [0.1, 0.15) is 0 Å². The third-order valence-electron chi connectivity index (χ3n) is 4.06. The second kappa shape index (κ2) is 5.53. The van der Waals surface area contributed by atoms with Crippen LogP contribution in [-0.2, 0) is 4.74 Å². The normalized spacial score (nSPS) is 15.6. The summed E-state index contributed by atoms with van der Waals surface area (Å²) in [4.78, 5) is 12.2. The molecule has 0 aliphatic heterocycles. The summed E-state index contributed by atoms with van der Waals surface area (Å²) in [5.41, 5.74) is 6.93. The molecule has 0 heterocycles. The third-order valence-corrected chi connectivity index (χ3v) is 4.06. The number of hydrogen-bond acceptors (Lipinski definition) is 3. The predicted molar refractivity (Wildman–Crippen MR) is 80.6 cm³/mol. The number of benzene rings is 2. The molecule has 0 bridgehead atoms. The fourth-order valence-electron chi connectivity index (χ4n) is 2.88. The van der Waals surface area contributed by atoms with Gasteiger partial charge in [0.2, 0.25) is 0 Å². The summed E-state index contributed by atoms with van der Waals surface area (Å²) in [6.45, 7) is 0.519. The van der Waals surface area contributed by atoms with Crippen molar-refractivity contribution in [3.8, 4) is 0 Å². The number of anilines is 1. The second-order valence-electron chi connectivity index (χ2n) is 5.54. The molecule has 0 unspecified atom stereocenters. The first-order valence-electron chi connectivity index (χ1n) is 7.19. The van der Waals surface area contributed by atoms with Gasteiger partial charge in [-0.05, 0) is 41.7 Å². The van der Waals surface area contributed by atoms with E-state index < -0.39 is 0 Å². The van der Waals surface area contributed by atoms with Gasteiger partial charge in [0.05, 0.1) is 12.2 Å². The van der Waals surface area contributed by atoms with E-state index in [-0.39, 0.29) is 5.97 Å². The summed E-state index contributed by atoms with van der Waals surface area (Å²) in [6, 6.07) is 11.5. The summed E-state index contributed by atoms with van der Waals surface area (Å²) in [6.07, 6.45) is 4.83. The minimum Gasteiger partial charge on any atom is -0.462 e. The summed E-state index contributed by atoms with van der Waals surface area (Å²) in [5.74, 6) is 0.223. The van der Waals surface area contributed by atoms with Crippen LogP contribution in [0.5, 0.6) is 0 Å². The fraction of sp³-hybridized carbons (Fsp3) is 0.353. The molecule has 3 heteroatoms. The number of fused-ring (bicyclic) bond motifs is 1. The number of nitrogens with two attached hydrogens (primary N) is 1. The van der Waals surface area contributed by atoms with Crippen LogP contribution in [-0.4, -0.2) is 12.6 Å². The number of ether oxygens (including phenoxy) is 1. The minimum atomic E-state index is -0.305. The van der Waals surface area contributed by atoms with E-state index in [1.165, 1.54) is 25.7 Å². The molecule has 2 aromatic rings. The van der Waals surface area contributed by atoms with E-state index in [9.17, 15) is 4.79 Å². The average Bonchev–Trinajstić information content (AvgIpc) is 2.97. The van der Waals surface area contributed by atoms with E-state index in [1.54, 1.807) is 0 Å². The highest BCUT2D eigenvalue weighted by Gasteiger charge is 2.18. The van der Waals surface area contributed by atoms with Crippen molar-refractivity contribution in [1.29, 1.82) is 0 Å². The Morgan fingerprint density at radius 1 is 1.15 bits per heavy atom. The first kappa shape index (κ1) is 13.0. The minimum absolute atomic E-state index is 0.305. The molecule has 2 N–H and O–H groups in total. The van der Waals surface area contributed by atoms with Gasteiger partial charge in [-0.15, -0.1) is 0 Å². The zero-order valence-electron chi connectivity index (χ0n) is 11.5. The van der Waals surface area contributed by atoms with Gasteiger partial charge in [0, 0.05) is 5.69 Å². The number of rotatable bonds is 3. The lowest BCUT2D eigenvalue weighted by Gasteiger charge is -2.12. The monoisotopic (exact) mass is 269 g/mol. The fourth-order valence-corrected chi connectivity index (χ4v) is 2.88. The molecule has 1 aliphatic carbocycles. The van der Waals surface area contributed by atoms with Gasteiger partial charge in [-0.25, -0.2) is 4.79 Å². The van der Waals surface area contributed by atoms with E-state index in [0.717, 1.165) is 10.8 Å². The van der Waals surface area contributed by atoms with Gasteiger partial charge >= 0.3 is 5.97 Å². The molecule has 0 aromatic heterocycles.